The number of hydrogen-bond donors (Lipinski definition) is 1. The Hall–Kier alpha value is -3.68. The van der Waals surface area contributed by atoms with Crippen molar-refractivity contribution in [2.45, 2.75) is 13.0 Å². The maximum atomic E-state index is 12.7. The van der Waals surface area contributed by atoms with E-state index >= 15 is 0 Å². The van der Waals surface area contributed by atoms with Gasteiger partial charge >= 0.3 is 17.9 Å². The smallest absolute Gasteiger partial charge is 0.337 e. The second-order valence-corrected chi connectivity index (χ2v) is 5.67. The molecule has 1 atom stereocenters. The molecule has 28 heavy (non-hydrogen) atoms. The van der Waals surface area contributed by atoms with Crippen LogP contribution in [0, 0.1) is 0 Å². The second-order valence-electron chi connectivity index (χ2n) is 5.67. The molecule has 0 saturated carbocycles. The molecule has 2 rings (SSSR count). The Balaban J connectivity index is 2.38. The summed E-state index contributed by atoms with van der Waals surface area (Å²) in [5.74, 6) is -2.68. The zero-order valence-corrected chi connectivity index (χ0v) is 15.6. The maximum absolute atomic E-state index is 12.7. The van der Waals surface area contributed by atoms with Gasteiger partial charge in [0.15, 0.2) is 0 Å². The maximum Gasteiger partial charge on any atom is 0.337 e. The summed E-state index contributed by atoms with van der Waals surface area (Å²) >= 11 is 0. The normalized spacial score (nSPS) is 11.1. The first-order valence-corrected chi connectivity index (χ1v) is 8.20. The molecule has 0 heterocycles. The molecule has 0 bridgehead atoms. The molecule has 0 aliphatic rings. The average Bonchev–Trinajstić information content (AvgIpc) is 2.70. The summed E-state index contributed by atoms with van der Waals surface area (Å²) in [5.41, 5.74) is 0.697. The van der Waals surface area contributed by atoms with Gasteiger partial charge in [-0.15, -0.1) is 0 Å². The minimum atomic E-state index is -1.21. The van der Waals surface area contributed by atoms with Crippen molar-refractivity contribution in [3.05, 3.63) is 65.2 Å². The fourth-order valence-corrected chi connectivity index (χ4v) is 2.45. The van der Waals surface area contributed by atoms with Crippen LogP contribution in [-0.2, 0) is 23.8 Å². The number of ether oxygens (including phenoxy) is 3. The predicted molar refractivity (Wildman–Crippen MR) is 98.7 cm³/mol. The highest BCUT2D eigenvalue weighted by Gasteiger charge is 2.24. The van der Waals surface area contributed by atoms with Crippen LogP contribution >= 0.6 is 0 Å². The van der Waals surface area contributed by atoms with E-state index in [9.17, 15) is 19.2 Å². The van der Waals surface area contributed by atoms with Crippen LogP contribution in [0.25, 0.3) is 0 Å². The van der Waals surface area contributed by atoms with E-state index in [0.29, 0.717) is 5.56 Å². The third-order valence-corrected chi connectivity index (χ3v) is 3.67. The fraction of sp³-hybridized carbons (Fsp3) is 0.200. The Morgan fingerprint density at radius 3 is 1.86 bits per heavy atom. The molecule has 0 radical (unpaired) electrons. The Morgan fingerprint density at radius 1 is 0.857 bits per heavy atom. The van der Waals surface area contributed by atoms with Crippen LogP contribution in [0.3, 0.4) is 0 Å². The highest BCUT2D eigenvalue weighted by Crippen LogP contribution is 2.22. The molecule has 0 aromatic heterocycles. The lowest BCUT2D eigenvalue weighted by atomic mass is 10.1. The molecule has 0 fully saturated rings. The first kappa shape index (κ1) is 20.6. The Kier molecular flexibility index (Phi) is 6.86. The van der Waals surface area contributed by atoms with Gasteiger partial charge in [0.2, 0.25) is 6.10 Å². The van der Waals surface area contributed by atoms with Gasteiger partial charge in [-0.05, 0) is 18.2 Å². The molecule has 0 aliphatic carbocycles. The van der Waals surface area contributed by atoms with Crippen molar-refractivity contribution in [3.8, 4) is 0 Å². The van der Waals surface area contributed by atoms with E-state index in [1.54, 1.807) is 30.3 Å². The topological polar surface area (TPSA) is 108 Å². The Labute approximate surface area is 161 Å². The first-order chi connectivity index (χ1) is 13.3. The quantitative estimate of drug-likeness (QED) is 0.601. The summed E-state index contributed by atoms with van der Waals surface area (Å²) in [5, 5.41) is 2.55. The lowest BCUT2D eigenvalue weighted by molar-refractivity contribution is -0.152. The third-order valence-electron chi connectivity index (χ3n) is 3.67. The number of nitrogens with one attached hydrogen (secondary N) is 1. The van der Waals surface area contributed by atoms with E-state index in [2.05, 4.69) is 14.8 Å². The van der Waals surface area contributed by atoms with Gasteiger partial charge in [0.1, 0.15) is 0 Å². The molecule has 2 aromatic rings. The van der Waals surface area contributed by atoms with Crippen LogP contribution in [0.15, 0.2) is 48.5 Å². The summed E-state index contributed by atoms with van der Waals surface area (Å²) in [6.07, 6.45) is -1.21. The SMILES string of the molecule is COC(=O)c1cc(NC(=O)[C@@H](OC(C)=O)c2ccccc2)cc(C(=O)OC)c1. The summed E-state index contributed by atoms with van der Waals surface area (Å²) in [4.78, 5) is 47.9. The highest BCUT2D eigenvalue weighted by molar-refractivity contribution is 6.01. The fourth-order valence-electron chi connectivity index (χ4n) is 2.45. The standard InChI is InChI=1S/C20H19NO7/c1-12(22)28-17(13-7-5-4-6-8-13)18(23)21-16-10-14(19(24)26-2)9-15(11-16)20(25)27-3/h4-11,17H,1-3H3,(H,21,23)/t17-/m0/s1. The zero-order valence-electron chi connectivity index (χ0n) is 15.6. The van der Waals surface area contributed by atoms with Gasteiger partial charge in [0, 0.05) is 18.2 Å². The van der Waals surface area contributed by atoms with Crippen molar-refractivity contribution in [1.29, 1.82) is 0 Å². The third kappa shape index (κ3) is 5.16. The van der Waals surface area contributed by atoms with Crippen LogP contribution in [0.2, 0.25) is 0 Å². The molecule has 146 valence electrons. The van der Waals surface area contributed by atoms with Gasteiger partial charge in [-0.25, -0.2) is 9.59 Å². The van der Waals surface area contributed by atoms with Gasteiger partial charge in [0.25, 0.3) is 5.91 Å². The molecule has 8 nitrogen and oxygen atoms in total. The number of carbonyl (C=O) groups is 4. The molecule has 0 unspecified atom stereocenters. The number of rotatable bonds is 6. The highest BCUT2D eigenvalue weighted by atomic mass is 16.5. The minimum absolute atomic E-state index is 0.0458. The molecular formula is C20H19NO7. The molecule has 1 N–H and O–H groups in total. The van der Waals surface area contributed by atoms with Crippen LogP contribution in [0.4, 0.5) is 5.69 Å². The molecule has 2 aromatic carbocycles. The Morgan fingerprint density at radius 2 is 1.39 bits per heavy atom. The monoisotopic (exact) mass is 385 g/mol. The summed E-state index contributed by atoms with van der Waals surface area (Å²) < 4.78 is 14.5. The van der Waals surface area contributed by atoms with Crippen molar-refractivity contribution < 1.29 is 33.4 Å². The van der Waals surface area contributed by atoms with Crippen molar-refractivity contribution in [2.24, 2.45) is 0 Å². The van der Waals surface area contributed by atoms with E-state index < -0.39 is 29.9 Å². The first-order valence-electron chi connectivity index (χ1n) is 8.20. The molecule has 0 spiro atoms. The summed E-state index contributed by atoms with van der Waals surface area (Å²) in [6, 6.07) is 12.4. The van der Waals surface area contributed by atoms with Gasteiger partial charge in [-0.1, -0.05) is 30.3 Å². The number of carbonyl (C=O) groups excluding carboxylic acids is 4. The van der Waals surface area contributed by atoms with Gasteiger partial charge < -0.3 is 19.5 Å². The van der Waals surface area contributed by atoms with Crippen LogP contribution < -0.4 is 5.32 Å². The number of methoxy groups -OCH3 is 2. The van der Waals surface area contributed by atoms with Crippen molar-refractivity contribution in [3.63, 3.8) is 0 Å². The minimum Gasteiger partial charge on any atom is -0.465 e. The summed E-state index contributed by atoms with van der Waals surface area (Å²) in [6.45, 7) is 1.19. The summed E-state index contributed by atoms with van der Waals surface area (Å²) in [7, 11) is 2.38. The number of esters is 3. The van der Waals surface area contributed by atoms with Crippen LogP contribution in [-0.4, -0.2) is 38.0 Å². The largest absolute Gasteiger partial charge is 0.465 e. The zero-order chi connectivity index (χ0) is 20.7. The van der Waals surface area contributed by atoms with Crippen molar-refractivity contribution >= 4 is 29.5 Å². The van der Waals surface area contributed by atoms with E-state index in [-0.39, 0.29) is 16.8 Å². The van der Waals surface area contributed by atoms with E-state index in [1.165, 1.54) is 39.3 Å². The Bertz CT molecular complexity index is 858. The molecule has 8 heteroatoms. The molecule has 0 aliphatic heterocycles. The number of hydrogen-bond acceptors (Lipinski definition) is 7. The van der Waals surface area contributed by atoms with Crippen LogP contribution in [0.5, 0.6) is 0 Å². The van der Waals surface area contributed by atoms with Crippen LogP contribution in [0.1, 0.15) is 39.3 Å². The van der Waals surface area contributed by atoms with E-state index in [0.717, 1.165) is 0 Å². The van der Waals surface area contributed by atoms with Gasteiger partial charge in [-0.3, -0.25) is 9.59 Å². The second kappa shape index (κ2) is 9.31. The molecular weight excluding hydrogens is 366 g/mol. The number of anilines is 1. The number of amides is 1. The predicted octanol–water partition coefficient (Wildman–Crippen LogP) is 2.50. The van der Waals surface area contributed by atoms with Crippen molar-refractivity contribution in [1.82, 2.24) is 0 Å². The van der Waals surface area contributed by atoms with E-state index in [1.807, 2.05) is 0 Å². The van der Waals surface area contributed by atoms with Gasteiger partial charge in [0.05, 0.1) is 25.3 Å². The average molecular weight is 385 g/mol. The van der Waals surface area contributed by atoms with E-state index in [4.69, 9.17) is 4.74 Å². The van der Waals surface area contributed by atoms with Crippen molar-refractivity contribution in [2.75, 3.05) is 19.5 Å². The molecule has 0 saturated heterocycles. The van der Waals surface area contributed by atoms with Gasteiger partial charge in [-0.2, -0.15) is 0 Å². The lowest BCUT2D eigenvalue weighted by Gasteiger charge is -2.17. The lowest BCUT2D eigenvalue weighted by Crippen LogP contribution is -2.25. The number of benzene rings is 2. The molecule has 1 amide bonds.